The molecule has 0 bridgehead atoms. The van der Waals surface area contributed by atoms with Gasteiger partial charge in [0.15, 0.2) is 12.3 Å². The number of thiophene rings is 1. The third-order valence-corrected chi connectivity index (χ3v) is 4.08. The van der Waals surface area contributed by atoms with E-state index in [1.54, 1.807) is 6.07 Å². The van der Waals surface area contributed by atoms with Crippen LogP contribution in [0.1, 0.15) is 25.6 Å². The van der Waals surface area contributed by atoms with Crippen LogP contribution in [0.3, 0.4) is 0 Å². The SMILES string of the molecule is Cc1csc(C(=O)COC(=O)c2ccc3n[nH]c(=O)n3c2)c1. The topological polar surface area (TPSA) is 93.5 Å². The molecule has 0 radical (unpaired) electrons. The first-order chi connectivity index (χ1) is 10.5. The number of ether oxygens (including phenoxy) is 1. The summed E-state index contributed by atoms with van der Waals surface area (Å²) >= 11 is 1.31. The van der Waals surface area contributed by atoms with Gasteiger partial charge in [0, 0.05) is 6.20 Å². The number of aryl methyl sites for hydroxylation is 1. The molecule has 3 heterocycles. The lowest BCUT2D eigenvalue weighted by Crippen LogP contribution is -2.15. The van der Waals surface area contributed by atoms with E-state index >= 15 is 0 Å². The molecular formula is C14H11N3O4S. The minimum atomic E-state index is -0.670. The summed E-state index contributed by atoms with van der Waals surface area (Å²) < 4.78 is 6.19. The summed E-state index contributed by atoms with van der Waals surface area (Å²) in [7, 11) is 0. The lowest BCUT2D eigenvalue weighted by molar-refractivity contribution is 0.0475. The van der Waals surface area contributed by atoms with Gasteiger partial charge in [0.2, 0.25) is 5.78 Å². The minimum absolute atomic E-state index is 0.172. The molecule has 3 rings (SSSR count). The molecule has 8 heteroatoms. The van der Waals surface area contributed by atoms with E-state index in [1.807, 2.05) is 12.3 Å². The van der Waals surface area contributed by atoms with Crippen molar-refractivity contribution in [2.24, 2.45) is 0 Å². The minimum Gasteiger partial charge on any atom is -0.454 e. The highest BCUT2D eigenvalue weighted by Gasteiger charge is 2.14. The number of carbonyl (C=O) groups excluding carboxylic acids is 2. The molecule has 7 nitrogen and oxygen atoms in total. The molecule has 0 atom stereocenters. The number of hydrogen-bond acceptors (Lipinski definition) is 6. The number of carbonyl (C=O) groups is 2. The lowest BCUT2D eigenvalue weighted by atomic mass is 10.2. The van der Waals surface area contributed by atoms with Crippen molar-refractivity contribution in [3.8, 4) is 0 Å². The number of aromatic amines is 1. The number of H-pyrrole nitrogens is 1. The Bertz CT molecular complexity index is 921. The molecule has 3 aromatic heterocycles. The molecule has 22 heavy (non-hydrogen) atoms. The van der Waals surface area contributed by atoms with Gasteiger partial charge in [-0.05, 0) is 36.1 Å². The van der Waals surface area contributed by atoms with E-state index in [4.69, 9.17) is 4.74 Å². The number of hydrogen-bond donors (Lipinski definition) is 1. The van der Waals surface area contributed by atoms with Crippen LogP contribution >= 0.6 is 11.3 Å². The first kappa shape index (κ1) is 14.2. The second kappa shape index (κ2) is 5.57. The van der Waals surface area contributed by atoms with Gasteiger partial charge in [0.1, 0.15) is 0 Å². The highest BCUT2D eigenvalue weighted by Crippen LogP contribution is 2.14. The fourth-order valence-electron chi connectivity index (χ4n) is 1.89. The summed E-state index contributed by atoms with van der Waals surface area (Å²) in [4.78, 5) is 35.8. The van der Waals surface area contributed by atoms with Gasteiger partial charge in [0.25, 0.3) is 0 Å². The smallest absolute Gasteiger partial charge is 0.347 e. The number of nitrogens with zero attached hydrogens (tertiary/aromatic N) is 2. The second-order valence-electron chi connectivity index (χ2n) is 4.66. The molecule has 0 unspecified atom stereocenters. The largest absolute Gasteiger partial charge is 0.454 e. The van der Waals surface area contributed by atoms with E-state index in [0.717, 1.165) is 5.56 Å². The average molecular weight is 317 g/mol. The maximum absolute atomic E-state index is 11.9. The van der Waals surface area contributed by atoms with Gasteiger partial charge < -0.3 is 4.74 Å². The van der Waals surface area contributed by atoms with Crippen LogP contribution < -0.4 is 5.69 Å². The molecular weight excluding hydrogens is 306 g/mol. The van der Waals surface area contributed by atoms with Gasteiger partial charge in [-0.25, -0.2) is 19.1 Å². The fourth-order valence-corrected chi connectivity index (χ4v) is 2.71. The number of nitrogens with one attached hydrogen (secondary N) is 1. The van der Waals surface area contributed by atoms with Crippen LogP contribution in [-0.4, -0.2) is 33.0 Å². The quantitative estimate of drug-likeness (QED) is 0.580. The fraction of sp³-hybridized carbons (Fsp3) is 0.143. The summed E-state index contributed by atoms with van der Waals surface area (Å²) in [6.07, 6.45) is 1.32. The van der Waals surface area contributed by atoms with Crippen LogP contribution in [0.25, 0.3) is 5.65 Å². The standard InChI is InChI=1S/C14H11N3O4S/c1-8-4-11(22-7-8)10(18)6-21-13(19)9-2-3-12-15-16-14(20)17(12)5-9/h2-5,7H,6H2,1H3,(H,16,20). The van der Waals surface area contributed by atoms with E-state index in [0.29, 0.717) is 10.5 Å². The normalized spacial score (nSPS) is 10.8. The van der Waals surface area contributed by atoms with Crippen molar-refractivity contribution in [3.05, 3.63) is 56.3 Å². The molecule has 0 saturated heterocycles. The Balaban J connectivity index is 1.71. The van der Waals surface area contributed by atoms with Crippen molar-refractivity contribution in [1.82, 2.24) is 14.6 Å². The van der Waals surface area contributed by atoms with Crippen molar-refractivity contribution in [2.45, 2.75) is 6.92 Å². The molecule has 0 spiro atoms. The Morgan fingerprint density at radius 2 is 2.23 bits per heavy atom. The maximum Gasteiger partial charge on any atom is 0.347 e. The zero-order chi connectivity index (χ0) is 15.7. The van der Waals surface area contributed by atoms with Crippen molar-refractivity contribution in [3.63, 3.8) is 0 Å². The van der Waals surface area contributed by atoms with Gasteiger partial charge in [-0.2, -0.15) is 5.10 Å². The number of ketones is 1. The predicted molar refractivity (Wildman–Crippen MR) is 79.5 cm³/mol. The summed E-state index contributed by atoms with van der Waals surface area (Å²) in [5.41, 5.74) is 1.11. The predicted octanol–water partition coefficient (Wildman–Crippen LogP) is 1.43. The molecule has 0 amide bonds. The summed E-state index contributed by atoms with van der Waals surface area (Å²) in [6, 6.07) is 4.74. The van der Waals surface area contributed by atoms with E-state index in [1.165, 1.54) is 34.1 Å². The lowest BCUT2D eigenvalue weighted by Gasteiger charge is -2.03. The monoisotopic (exact) mass is 317 g/mol. The van der Waals surface area contributed by atoms with Crippen molar-refractivity contribution in [2.75, 3.05) is 6.61 Å². The summed E-state index contributed by atoms with van der Waals surface area (Å²) in [5.74, 6) is -0.926. The zero-order valence-electron chi connectivity index (χ0n) is 11.5. The molecule has 0 aromatic carbocycles. The van der Waals surface area contributed by atoms with Crippen molar-refractivity contribution in [1.29, 1.82) is 0 Å². The second-order valence-corrected chi connectivity index (χ2v) is 5.57. The number of esters is 1. The molecule has 3 aromatic rings. The Morgan fingerprint density at radius 1 is 1.41 bits per heavy atom. The zero-order valence-corrected chi connectivity index (χ0v) is 12.3. The highest BCUT2D eigenvalue weighted by molar-refractivity contribution is 7.12. The molecule has 0 fully saturated rings. The van der Waals surface area contributed by atoms with E-state index in [2.05, 4.69) is 10.2 Å². The van der Waals surface area contributed by atoms with E-state index < -0.39 is 11.7 Å². The van der Waals surface area contributed by atoms with E-state index in [9.17, 15) is 14.4 Å². The van der Waals surface area contributed by atoms with Gasteiger partial charge in [-0.15, -0.1) is 11.3 Å². The van der Waals surface area contributed by atoms with Crippen molar-refractivity contribution < 1.29 is 14.3 Å². The van der Waals surface area contributed by atoms with Crippen LogP contribution in [0.4, 0.5) is 0 Å². The van der Waals surface area contributed by atoms with Crippen LogP contribution in [0.5, 0.6) is 0 Å². The number of Topliss-reactive ketones (excluding diaryl/α,β-unsaturated/α-hetero) is 1. The summed E-state index contributed by atoms with van der Waals surface area (Å²) in [6.45, 7) is 1.55. The molecule has 0 aliphatic rings. The van der Waals surface area contributed by atoms with Crippen LogP contribution in [0, 0.1) is 6.92 Å². The Hall–Kier alpha value is -2.74. The van der Waals surface area contributed by atoms with Crippen LogP contribution in [0.2, 0.25) is 0 Å². The van der Waals surface area contributed by atoms with E-state index in [-0.39, 0.29) is 18.0 Å². The maximum atomic E-state index is 11.9. The molecule has 112 valence electrons. The van der Waals surface area contributed by atoms with Crippen LogP contribution in [-0.2, 0) is 4.74 Å². The Kier molecular flexibility index (Phi) is 3.60. The molecule has 0 aliphatic heterocycles. The summed E-state index contributed by atoms with van der Waals surface area (Å²) in [5, 5.41) is 7.88. The first-order valence-corrected chi connectivity index (χ1v) is 7.25. The molecule has 1 N–H and O–H groups in total. The molecule has 0 aliphatic carbocycles. The molecule has 0 saturated carbocycles. The van der Waals surface area contributed by atoms with Gasteiger partial charge in [0.05, 0.1) is 10.4 Å². The van der Waals surface area contributed by atoms with Gasteiger partial charge in [-0.3, -0.25) is 4.79 Å². The van der Waals surface area contributed by atoms with Crippen LogP contribution in [0.15, 0.2) is 34.6 Å². The average Bonchev–Trinajstić information content (AvgIpc) is 3.11. The number of fused-ring (bicyclic) bond motifs is 1. The van der Waals surface area contributed by atoms with Gasteiger partial charge >= 0.3 is 11.7 Å². The highest BCUT2D eigenvalue weighted by atomic mass is 32.1. The number of pyridine rings is 1. The number of rotatable bonds is 4. The Labute approximate surface area is 128 Å². The number of aromatic nitrogens is 3. The third kappa shape index (κ3) is 2.68. The van der Waals surface area contributed by atoms with Crippen molar-refractivity contribution >= 4 is 28.7 Å². The Morgan fingerprint density at radius 3 is 2.95 bits per heavy atom. The first-order valence-electron chi connectivity index (χ1n) is 6.37. The third-order valence-electron chi connectivity index (χ3n) is 2.99. The van der Waals surface area contributed by atoms with Gasteiger partial charge in [-0.1, -0.05) is 0 Å².